The van der Waals surface area contributed by atoms with Crippen LogP contribution in [-0.2, 0) is 6.42 Å². The van der Waals surface area contributed by atoms with Crippen LogP contribution in [0.2, 0.25) is 0 Å². The second-order valence-electron chi connectivity index (χ2n) is 4.48. The summed E-state index contributed by atoms with van der Waals surface area (Å²) in [5, 5.41) is 9.90. The molecule has 0 fully saturated rings. The van der Waals surface area contributed by atoms with Crippen molar-refractivity contribution in [2.75, 3.05) is 6.61 Å². The molecule has 2 rings (SSSR count). The third kappa shape index (κ3) is 2.36. The van der Waals surface area contributed by atoms with E-state index in [0.29, 0.717) is 0 Å². The predicted molar refractivity (Wildman–Crippen MR) is 63.5 cm³/mol. The van der Waals surface area contributed by atoms with Crippen molar-refractivity contribution in [3.8, 4) is 5.75 Å². The van der Waals surface area contributed by atoms with Gasteiger partial charge in [0.1, 0.15) is 5.75 Å². The molecular weight excluding hydrogens is 202 g/mol. The van der Waals surface area contributed by atoms with E-state index >= 15 is 0 Å². The van der Waals surface area contributed by atoms with E-state index in [4.69, 9.17) is 10.5 Å². The minimum atomic E-state index is -0.589. The number of aryl methyl sites for hydroxylation is 1. The minimum absolute atomic E-state index is 0.246. The van der Waals surface area contributed by atoms with Crippen molar-refractivity contribution < 1.29 is 9.84 Å². The molecule has 0 amide bonds. The lowest BCUT2D eigenvalue weighted by atomic mass is 9.99. The lowest BCUT2D eigenvalue weighted by molar-refractivity contribution is 0.153. The van der Waals surface area contributed by atoms with Crippen molar-refractivity contribution in [2.24, 2.45) is 5.73 Å². The SMILES string of the molecule is CC(N)C(O)c1ccc2c(c1)CCCCO2. The minimum Gasteiger partial charge on any atom is -0.493 e. The van der Waals surface area contributed by atoms with Gasteiger partial charge in [-0.25, -0.2) is 0 Å². The Morgan fingerprint density at radius 3 is 2.94 bits per heavy atom. The summed E-state index contributed by atoms with van der Waals surface area (Å²) in [7, 11) is 0. The fourth-order valence-electron chi connectivity index (χ4n) is 2.02. The molecule has 3 nitrogen and oxygen atoms in total. The van der Waals surface area contributed by atoms with E-state index in [1.54, 1.807) is 0 Å². The van der Waals surface area contributed by atoms with Gasteiger partial charge in [-0.15, -0.1) is 0 Å². The van der Waals surface area contributed by atoms with Crippen LogP contribution in [0, 0.1) is 0 Å². The number of fused-ring (bicyclic) bond motifs is 1. The molecule has 3 heteroatoms. The molecule has 0 aromatic heterocycles. The van der Waals surface area contributed by atoms with E-state index in [0.717, 1.165) is 37.2 Å². The highest BCUT2D eigenvalue weighted by molar-refractivity contribution is 5.39. The molecular formula is C13H19NO2. The average molecular weight is 221 g/mol. The van der Waals surface area contributed by atoms with E-state index in [1.165, 1.54) is 5.56 Å². The number of benzene rings is 1. The molecule has 1 aliphatic rings. The number of nitrogens with two attached hydrogens (primary N) is 1. The molecule has 0 saturated heterocycles. The lowest BCUT2D eigenvalue weighted by Crippen LogP contribution is -2.24. The second-order valence-corrected chi connectivity index (χ2v) is 4.48. The third-order valence-electron chi connectivity index (χ3n) is 3.02. The Hall–Kier alpha value is -1.06. The molecule has 0 spiro atoms. The van der Waals surface area contributed by atoms with Gasteiger partial charge in [0.25, 0.3) is 0 Å². The highest BCUT2D eigenvalue weighted by Gasteiger charge is 2.15. The third-order valence-corrected chi connectivity index (χ3v) is 3.02. The van der Waals surface area contributed by atoms with Gasteiger partial charge >= 0.3 is 0 Å². The normalized spacial score (nSPS) is 19.2. The van der Waals surface area contributed by atoms with E-state index in [9.17, 15) is 5.11 Å². The Morgan fingerprint density at radius 2 is 2.19 bits per heavy atom. The van der Waals surface area contributed by atoms with Crippen molar-refractivity contribution >= 4 is 0 Å². The first-order valence-corrected chi connectivity index (χ1v) is 5.88. The number of rotatable bonds is 2. The van der Waals surface area contributed by atoms with Crippen LogP contribution in [-0.4, -0.2) is 17.8 Å². The predicted octanol–water partition coefficient (Wildman–Crippen LogP) is 1.78. The smallest absolute Gasteiger partial charge is 0.122 e. The molecule has 2 unspecified atom stereocenters. The number of aliphatic hydroxyl groups is 1. The van der Waals surface area contributed by atoms with Gasteiger partial charge in [-0.2, -0.15) is 0 Å². The molecule has 1 heterocycles. The molecule has 2 atom stereocenters. The fourth-order valence-corrected chi connectivity index (χ4v) is 2.02. The zero-order valence-electron chi connectivity index (χ0n) is 9.65. The van der Waals surface area contributed by atoms with E-state index in [2.05, 4.69) is 0 Å². The first-order chi connectivity index (χ1) is 7.68. The van der Waals surface area contributed by atoms with Gasteiger partial charge in [0, 0.05) is 6.04 Å². The molecule has 88 valence electrons. The fraction of sp³-hybridized carbons (Fsp3) is 0.538. The van der Waals surface area contributed by atoms with Gasteiger partial charge < -0.3 is 15.6 Å². The largest absolute Gasteiger partial charge is 0.493 e. The number of hydrogen-bond donors (Lipinski definition) is 2. The van der Waals surface area contributed by atoms with Crippen LogP contribution in [0.3, 0.4) is 0 Å². The highest BCUT2D eigenvalue weighted by Crippen LogP contribution is 2.28. The topological polar surface area (TPSA) is 55.5 Å². The van der Waals surface area contributed by atoms with Crippen LogP contribution in [0.25, 0.3) is 0 Å². The van der Waals surface area contributed by atoms with E-state index < -0.39 is 6.10 Å². The van der Waals surface area contributed by atoms with Crippen molar-refractivity contribution in [1.29, 1.82) is 0 Å². The van der Waals surface area contributed by atoms with E-state index in [1.807, 2.05) is 25.1 Å². The molecule has 1 aliphatic heterocycles. The maximum atomic E-state index is 9.90. The van der Waals surface area contributed by atoms with Crippen LogP contribution in [0.1, 0.15) is 37.0 Å². The highest BCUT2D eigenvalue weighted by atomic mass is 16.5. The van der Waals surface area contributed by atoms with Gasteiger partial charge in [0.15, 0.2) is 0 Å². The number of aliphatic hydroxyl groups excluding tert-OH is 1. The molecule has 0 radical (unpaired) electrons. The van der Waals surface area contributed by atoms with Gasteiger partial charge in [-0.3, -0.25) is 0 Å². The summed E-state index contributed by atoms with van der Waals surface area (Å²) < 4.78 is 5.63. The Kier molecular flexibility index (Phi) is 3.46. The monoisotopic (exact) mass is 221 g/mol. The van der Waals surface area contributed by atoms with E-state index in [-0.39, 0.29) is 6.04 Å². The van der Waals surface area contributed by atoms with Crippen LogP contribution >= 0.6 is 0 Å². The van der Waals surface area contributed by atoms with Crippen LogP contribution in [0.15, 0.2) is 18.2 Å². The zero-order valence-corrected chi connectivity index (χ0v) is 9.65. The standard InChI is InChI=1S/C13H19NO2/c1-9(14)13(15)11-5-6-12-10(8-11)4-2-3-7-16-12/h5-6,8-9,13,15H,2-4,7,14H2,1H3. The van der Waals surface area contributed by atoms with Gasteiger partial charge in [0.2, 0.25) is 0 Å². The lowest BCUT2D eigenvalue weighted by Gasteiger charge is -2.16. The molecule has 0 saturated carbocycles. The van der Waals surface area contributed by atoms with Gasteiger partial charge in [-0.05, 0) is 49.4 Å². The quantitative estimate of drug-likeness (QED) is 0.800. The molecule has 1 aromatic carbocycles. The number of hydrogen-bond acceptors (Lipinski definition) is 3. The van der Waals surface area contributed by atoms with Gasteiger partial charge in [-0.1, -0.05) is 6.07 Å². The summed E-state index contributed by atoms with van der Waals surface area (Å²) in [6.45, 7) is 2.61. The summed E-state index contributed by atoms with van der Waals surface area (Å²) in [5.74, 6) is 0.957. The Labute approximate surface area is 96.2 Å². The van der Waals surface area contributed by atoms with Crippen molar-refractivity contribution in [3.05, 3.63) is 29.3 Å². The summed E-state index contributed by atoms with van der Waals surface area (Å²) in [6.07, 6.45) is 2.67. The summed E-state index contributed by atoms with van der Waals surface area (Å²) in [6, 6.07) is 5.62. The zero-order chi connectivity index (χ0) is 11.5. The molecule has 0 bridgehead atoms. The maximum Gasteiger partial charge on any atom is 0.122 e. The molecule has 0 aliphatic carbocycles. The van der Waals surface area contributed by atoms with Crippen molar-refractivity contribution in [3.63, 3.8) is 0 Å². The first kappa shape index (κ1) is 11.4. The van der Waals surface area contributed by atoms with Crippen LogP contribution in [0.5, 0.6) is 5.75 Å². The average Bonchev–Trinajstić information content (AvgIpc) is 2.51. The number of ether oxygens (including phenoxy) is 1. The Morgan fingerprint density at radius 1 is 1.38 bits per heavy atom. The second kappa shape index (κ2) is 4.85. The van der Waals surface area contributed by atoms with Crippen molar-refractivity contribution in [1.82, 2.24) is 0 Å². The van der Waals surface area contributed by atoms with Crippen LogP contribution in [0.4, 0.5) is 0 Å². The molecule has 3 N–H and O–H groups in total. The summed E-state index contributed by atoms with van der Waals surface area (Å²) >= 11 is 0. The molecule has 1 aromatic rings. The summed E-state index contributed by atoms with van der Waals surface area (Å²) in [4.78, 5) is 0. The van der Waals surface area contributed by atoms with Gasteiger partial charge in [0.05, 0.1) is 12.7 Å². The van der Waals surface area contributed by atoms with Crippen LogP contribution < -0.4 is 10.5 Å². The summed E-state index contributed by atoms with van der Waals surface area (Å²) in [5.41, 5.74) is 7.77. The Bertz CT molecular complexity index is 363. The Balaban J connectivity index is 2.27. The molecule has 16 heavy (non-hydrogen) atoms. The van der Waals surface area contributed by atoms with Crippen molar-refractivity contribution in [2.45, 2.75) is 38.3 Å². The first-order valence-electron chi connectivity index (χ1n) is 5.88. The maximum absolute atomic E-state index is 9.90.